The van der Waals surface area contributed by atoms with E-state index in [4.69, 9.17) is 0 Å². The third kappa shape index (κ3) is 3.57. The number of carbonyl (C=O) groups excluding carboxylic acids is 1. The molecule has 104 valence electrons. The minimum Gasteiger partial charge on any atom is -0.346 e. The first-order chi connectivity index (χ1) is 9.06. The Labute approximate surface area is 129 Å². The summed E-state index contributed by atoms with van der Waals surface area (Å²) in [5.74, 6) is -0.614. The van der Waals surface area contributed by atoms with Gasteiger partial charge in [-0.2, -0.15) is 0 Å². The summed E-state index contributed by atoms with van der Waals surface area (Å²) < 4.78 is 13.8. The fraction of sp³-hybridized carbons (Fsp3) is 0.500. The second-order valence-corrected chi connectivity index (χ2v) is 6.47. The van der Waals surface area contributed by atoms with E-state index in [1.54, 1.807) is 12.1 Å². The molecule has 1 aromatic rings. The van der Waals surface area contributed by atoms with Crippen LogP contribution in [0, 0.1) is 5.82 Å². The molecule has 1 fully saturated rings. The Morgan fingerprint density at radius 1 is 1.32 bits per heavy atom. The van der Waals surface area contributed by atoms with Crippen molar-refractivity contribution < 1.29 is 9.18 Å². The van der Waals surface area contributed by atoms with Crippen LogP contribution in [0.4, 0.5) is 4.39 Å². The summed E-state index contributed by atoms with van der Waals surface area (Å²) in [6.45, 7) is 0. The second kappa shape index (κ2) is 6.35. The molecule has 0 aromatic heterocycles. The lowest BCUT2D eigenvalue weighted by Gasteiger charge is -2.36. The molecule has 0 saturated heterocycles. The average Bonchev–Trinajstić information content (AvgIpc) is 2.43. The summed E-state index contributed by atoms with van der Waals surface area (Å²) in [6, 6.07) is 4.46. The molecular weight excluding hydrogens is 377 g/mol. The van der Waals surface area contributed by atoms with Gasteiger partial charge in [0.1, 0.15) is 5.82 Å². The van der Waals surface area contributed by atoms with Crippen LogP contribution >= 0.6 is 31.9 Å². The molecule has 0 radical (unpaired) electrons. The lowest BCUT2D eigenvalue weighted by Crippen LogP contribution is -2.51. The Morgan fingerprint density at radius 3 is 2.58 bits per heavy atom. The Bertz CT molecular complexity index is 473. The molecule has 19 heavy (non-hydrogen) atoms. The molecule has 1 aliphatic carbocycles. The van der Waals surface area contributed by atoms with Gasteiger partial charge in [0, 0.05) is 10.9 Å². The molecule has 0 aliphatic heterocycles. The number of carbonyl (C=O) groups is 1. The summed E-state index contributed by atoms with van der Waals surface area (Å²) >= 11 is 6.59. The normalized spacial score (nSPS) is 18.1. The van der Waals surface area contributed by atoms with Crippen LogP contribution in [-0.2, 0) is 0 Å². The lowest BCUT2D eigenvalue weighted by atomic mass is 9.83. The summed E-state index contributed by atoms with van der Waals surface area (Å²) in [5, 5.41) is 3.82. The van der Waals surface area contributed by atoms with Crippen LogP contribution < -0.4 is 5.32 Å². The first-order valence-electron chi connectivity index (χ1n) is 6.40. The molecule has 1 N–H and O–H groups in total. The summed E-state index contributed by atoms with van der Waals surface area (Å²) in [4.78, 5) is 12.2. The SMILES string of the molecule is O=C(NC1(CBr)CCCCC1)c1ccc(Br)c(F)c1. The highest BCUT2D eigenvalue weighted by molar-refractivity contribution is 9.10. The van der Waals surface area contributed by atoms with Crippen molar-refractivity contribution in [3.63, 3.8) is 0 Å². The number of hydrogen-bond acceptors (Lipinski definition) is 1. The van der Waals surface area contributed by atoms with Gasteiger partial charge in [-0.05, 0) is 47.0 Å². The predicted octanol–water partition coefficient (Wildman–Crippen LogP) is 4.42. The van der Waals surface area contributed by atoms with Gasteiger partial charge in [0.15, 0.2) is 0 Å². The van der Waals surface area contributed by atoms with E-state index in [0.717, 1.165) is 31.0 Å². The number of halogens is 3. The zero-order valence-corrected chi connectivity index (χ0v) is 13.7. The largest absolute Gasteiger partial charge is 0.346 e. The average molecular weight is 393 g/mol. The van der Waals surface area contributed by atoms with Crippen molar-refractivity contribution in [3.8, 4) is 0 Å². The van der Waals surface area contributed by atoms with Crippen LogP contribution in [0.1, 0.15) is 42.5 Å². The molecule has 2 nitrogen and oxygen atoms in total. The van der Waals surface area contributed by atoms with Crippen molar-refractivity contribution in [1.29, 1.82) is 0 Å². The smallest absolute Gasteiger partial charge is 0.251 e. The molecule has 0 spiro atoms. The van der Waals surface area contributed by atoms with Crippen LogP contribution in [0.25, 0.3) is 0 Å². The molecule has 1 aliphatic rings. The standard InChI is InChI=1S/C14H16Br2FNO/c15-9-14(6-2-1-3-7-14)18-13(19)10-4-5-11(16)12(17)8-10/h4-5,8H,1-3,6-7,9H2,(H,18,19). The minimum absolute atomic E-state index is 0.182. The highest BCUT2D eigenvalue weighted by Crippen LogP contribution is 2.30. The highest BCUT2D eigenvalue weighted by Gasteiger charge is 2.32. The molecule has 0 bridgehead atoms. The maximum Gasteiger partial charge on any atom is 0.251 e. The van der Waals surface area contributed by atoms with Crippen molar-refractivity contribution in [1.82, 2.24) is 5.32 Å². The Kier molecular flexibility index (Phi) is 5.01. The van der Waals surface area contributed by atoms with Gasteiger partial charge in [-0.25, -0.2) is 4.39 Å². The van der Waals surface area contributed by atoms with E-state index >= 15 is 0 Å². The first-order valence-corrected chi connectivity index (χ1v) is 8.31. The van der Waals surface area contributed by atoms with Crippen molar-refractivity contribution in [3.05, 3.63) is 34.1 Å². The van der Waals surface area contributed by atoms with E-state index in [0.29, 0.717) is 10.0 Å². The van der Waals surface area contributed by atoms with E-state index in [-0.39, 0.29) is 11.4 Å². The molecular formula is C14H16Br2FNO. The Hall–Kier alpha value is -0.420. The highest BCUT2D eigenvalue weighted by atomic mass is 79.9. The van der Waals surface area contributed by atoms with Gasteiger partial charge < -0.3 is 5.32 Å². The van der Waals surface area contributed by atoms with Gasteiger partial charge in [0.25, 0.3) is 5.91 Å². The topological polar surface area (TPSA) is 29.1 Å². The summed E-state index contributed by atoms with van der Waals surface area (Å²) in [6.07, 6.45) is 5.42. The summed E-state index contributed by atoms with van der Waals surface area (Å²) in [5.41, 5.74) is 0.186. The Morgan fingerprint density at radius 2 is 2.00 bits per heavy atom. The summed E-state index contributed by atoms with van der Waals surface area (Å²) in [7, 11) is 0. The number of nitrogens with one attached hydrogen (secondary N) is 1. The zero-order valence-electron chi connectivity index (χ0n) is 10.5. The van der Waals surface area contributed by atoms with E-state index in [1.807, 2.05) is 0 Å². The number of benzene rings is 1. The monoisotopic (exact) mass is 391 g/mol. The lowest BCUT2D eigenvalue weighted by molar-refractivity contribution is 0.0886. The molecule has 1 aromatic carbocycles. The molecule has 0 unspecified atom stereocenters. The van der Waals surface area contributed by atoms with E-state index in [2.05, 4.69) is 37.2 Å². The van der Waals surface area contributed by atoms with Crippen LogP contribution in [0.15, 0.2) is 22.7 Å². The predicted molar refractivity (Wildman–Crippen MR) is 81.2 cm³/mol. The fourth-order valence-corrected chi connectivity index (χ4v) is 3.42. The van der Waals surface area contributed by atoms with Gasteiger partial charge in [-0.15, -0.1) is 0 Å². The van der Waals surface area contributed by atoms with Crippen molar-refractivity contribution in [2.75, 3.05) is 5.33 Å². The van der Waals surface area contributed by atoms with Crippen LogP contribution in [0.5, 0.6) is 0 Å². The van der Waals surface area contributed by atoms with Crippen LogP contribution in [-0.4, -0.2) is 16.8 Å². The number of amides is 1. The van der Waals surface area contributed by atoms with Crippen molar-refractivity contribution >= 4 is 37.8 Å². The number of hydrogen-bond donors (Lipinski definition) is 1. The number of rotatable bonds is 3. The van der Waals surface area contributed by atoms with E-state index in [1.165, 1.54) is 12.5 Å². The molecule has 1 saturated carbocycles. The third-order valence-electron chi connectivity index (χ3n) is 3.63. The van der Waals surface area contributed by atoms with Crippen LogP contribution in [0.2, 0.25) is 0 Å². The van der Waals surface area contributed by atoms with Gasteiger partial charge in [0.05, 0.1) is 10.0 Å². The first kappa shape index (κ1) is 15.0. The second-order valence-electron chi connectivity index (χ2n) is 5.06. The van der Waals surface area contributed by atoms with Crippen molar-refractivity contribution in [2.24, 2.45) is 0 Å². The van der Waals surface area contributed by atoms with Crippen LogP contribution in [0.3, 0.4) is 0 Å². The molecule has 0 heterocycles. The van der Waals surface area contributed by atoms with Gasteiger partial charge in [-0.3, -0.25) is 4.79 Å². The van der Waals surface area contributed by atoms with E-state index < -0.39 is 5.82 Å². The van der Waals surface area contributed by atoms with Gasteiger partial charge in [0.2, 0.25) is 0 Å². The maximum atomic E-state index is 13.5. The van der Waals surface area contributed by atoms with E-state index in [9.17, 15) is 9.18 Å². The fourth-order valence-electron chi connectivity index (χ4n) is 2.47. The number of alkyl halides is 1. The van der Waals surface area contributed by atoms with Gasteiger partial charge >= 0.3 is 0 Å². The zero-order chi connectivity index (χ0) is 13.9. The Balaban J connectivity index is 2.12. The van der Waals surface area contributed by atoms with Gasteiger partial charge in [-0.1, -0.05) is 35.2 Å². The quantitative estimate of drug-likeness (QED) is 0.758. The molecule has 5 heteroatoms. The molecule has 2 rings (SSSR count). The maximum absolute atomic E-state index is 13.5. The van der Waals surface area contributed by atoms with Crippen molar-refractivity contribution in [2.45, 2.75) is 37.6 Å². The third-order valence-corrected chi connectivity index (χ3v) is 5.34. The minimum atomic E-state index is -0.413. The molecule has 1 amide bonds. The molecule has 0 atom stereocenters.